The second-order valence-electron chi connectivity index (χ2n) is 4.66. The van der Waals surface area contributed by atoms with Gasteiger partial charge >= 0.3 is 6.18 Å². The topological polar surface area (TPSA) is 49.3 Å². The molecule has 1 aliphatic rings. The molecule has 1 aliphatic carbocycles. The molecule has 6 heteroatoms. The van der Waals surface area contributed by atoms with Crippen molar-refractivity contribution in [3.63, 3.8) is 0 Å². The number of hydrogen-bond acceptors (Lipinski definition) is 2. The van der Waals surface area contributed by atoms with E-state index in [0.29, 0.717) is 12.8 Å². The van der Waals surface area contributed by atoms with Crippen LogP contribution >= 0.6 is 0 Å². The van der Waals surface area contributed by atoms with E-state index in [1.54, 1.807) is 0 Å². The van der Waals surface area contributed by atoms with E-state index in [0.717, 1.165) is 19.3 Å². The number of rotatable bonds is 4. The lowest BCUT2D eigenvalue weighted by atomic mass is 9.82. The second kappa shape index (κ2) is 5.71. The van der Waals surface area contributed by atoms with Gasteiger partial charge in [0.2, 0.25) is 5.91 Å². The molecule has 1 saturated carbocycles. The molecular weight excluding hydrogens is 235 g/mol. The molecule has 0 atom stereocenters. The first kappa shape index (κ1) is 14.3. The highest BCUT2D eigenvalue weighted by Crippen LogP contribution is 2.28. The predicted octanol–water partition coefficient (Wildman–Crippen LogP) is 2.14. The number of nitrogens with one attached hydrogen (secondary N) is 1. The van der Waals surface area contributed by atoms with Crippen LogP contribution in [-0.4, -0.2) is 29.3 Å². The van der Waals surface area contributed by atoms with Gasteiger partial charge in [-0.1, -0.05) is 19.3 Å². The highest BCUT2D eigenvalue weighted by molar-refractivity contribution is 5.76. The van der Waals surface area contributed by atoms with Crippen LogP contribution in [0.15, 0.2) is 0 Å². The van der Waals surface area contributed by atoms with Crippen molar-refractivity contribution in [3.8, 4) is 0 Å². The summed E-state index contributed by atoms with van der Waals surface area (Å²) in [5.74, 6) is -0.627. The zero-order valence-electron chi connectivity index (χ0n) is 9.65. The summed E-state index contributed by atoms with van der Waals surface area (Å²) in [7, 11) is 0. The van der Waals surface area contributed by atoms with Crippen molar-refractivity contribution < 1.29 is 23.1 Å². The maximum Gasteiger partial charge on any atom is 0.389 e. The summed E-state index contributed by atoms with van der Waals surface area (Å²) < 4.78 is 35.8. The van der Waals surface area contributed by atoms with E-state index >= 15 is 0 Å². The monoisotopic (exact) mass is 253 g/mol. The van der Waals surface area contributed by atoms with Crippen LogP contribution in [0.2, 0.25) is 0 Å². The van der Waals surface area contributed by atoms with Crippen LogP contribution in [0.1, 0.15) is 44.9 Å². The summed E-state index contributed by atoms with van der Waals surface area (Å²) in [6.07, 6.45) is -1.88. The van der Waals surface area contributed by atoms with Gasteiger partial charge in [-0.05, 0) is 12.8 Å². The van der Waals surface area contributed by atoms with Gasteiger partial charge in [-0.25, -0.2) is 0 Å². The van der Waals surface area contributed by atoms with Crippen LogP contribution in [0.5, 0.6) is 0 Å². The molecular formula is C11H18F3NO2. The number of halogens is 3. The molecule has 0 heterocycles. The van der Waals surface area contributed by atoms with Crippen molar-refractivity contribution in [1.29, 1.82) is 0 Å². The largest absolute Gasteiger partial charge is 0.394 e. The van der Waals surface area contributed by atoms with Crippen LogP contribution in [0.25, 0.3) is 0 Å². The summed E-state index contributed by atoms with van der Waals surface area (Å²) in [5.41, 5.74) is -0.694. The summed E-state index contributed by atoms with van der Waals surface area (Å²) in [5, 5.41) is 11.8. The smallest absolute Gasteiger partial charge is 0.389 e. The van der Waals surface area contributed by atoms with E-state index in [4.69, 9.17) is 0 Å². The Labute approximate surface area is 98.4 Å². The Hall–Kier alpha value is -0.780. The molecule has 1 amide bonds. The molecule has 0 aromatic carbocycles. The highest BCUT2D eigenvalue weighted by Gasteiger charge is 2.34. The van der Waals surface area contributed by atoms with Crippen LogP contribution in [0.3, 0.4) is 0 Å². The van der Waals surface area contributed by atoms with E-state index in [9.17, 15) is 23.1 Å². The van der Waals surface area contributed by atoms with Gasteiger partial charge in [-0.2, -0.15) is 13.2 Å². The van der Waals surface area contributed by atoms with Crippen molar-refractivity contribution in [2.75, 3.05) is 6.61 Å². The Morgan fingerprint density at radius 3 is 2.29 bits per heavy atom. The molecule has 1 rings (SSSR count). The van der Waals surface area contributed by atoms with E-state index in [1.807, 2.05) is 0 Å². The minimum atomic E-state index is -4.31. The van der Waals surface area contributed by atoms with Gasteiger partial charge in [-0.3, -0.25) is 4.79 Å². The van der Waals surface area contributed by atoms with Crippen molar-refractivity contribution in [2.24, 2.45) is 0 Å². The van der Waals surface area contributed by atoms with Crippen molar-refractivity contribution in [1.82, 2.24) is 5.32 Å². The standard InChI is InChI=1S/C11H18F3NO2/c12-11(13,14)7-4-9(17)15-10(8-16)5-2-1-3-6-10/h16H,1-8H2,(H,15,17). The molecule has 0 spiro atoms. The molecule has 0 aliphatic heterocycles. The van der Waals surface area contributed by atoms with Gasteiger partial charge in [0.15, 0.2) is 0 Å². The fourth-order valence-corrected chi connectivity index (χ4v) is 2.16. The fourth-order valence-electron chi connectivity index (χ4n) is 2.16. The lowest BCUT2D eigenvalue weighted by Gasteiger charge is -2.36. The molecule has 1 fully saturated rings. The first-order chi connectivity index (χ1) is 7.87. The molecule has 0 saturated heterocycles. The summed E-state index contributed by atoms with van der Waals surface area (Å²) >= 11 is 0. The van der Waals surface area contributed by atoms with E-state index < -0.39 is 30.5 Å². The van der Waals surface area contributed by atoms with Crippen LogP contribution in [-0.2, 0) is 4.79 Å². The first-order valence-corrected chi connectivity index (χ1v) is 5.86. The van der Waals surface area contributed by atoms with E-state index in [1.165, 1.54) is 0 Å². The number of alkyl halides is 3. The number of hydrogen-bond donors (Lipinski definition) is 2. The van der Waals surface area contributed by atoms with Crippen molar-refractivity contribution in [3.05, 3.63) is 0 Å². The third-order valence-corrected chi connectivity index (χ3v) is 3.15. The van der Waals surface area contributed by atoms with Gasteiger partial charge in [-0.15, -0.1) is 0 Å². The third kappa shape index (κ3) is 4.93. The van der Waals surface area contributed by atoms with Crippen molar-refractivity contribution in [2.45, 2.75) is 56.7 Å². The van der Waals surface area contributed by atoms with Crippen LogP contribution < -0.4 is 5.32 Å². The quantitative estimate of drug-likeness (QED) is 0.806. The van der Waals surface area contributed by atoms with E-state index in [-0.39, 0.29) is 6.61 Å². The van der Waals surface area contributed by atoms with Gasteiger partial charge < -0.3 is 10.4 Å². The molecule has 17 heavy (non-hydrogen) atoms. The fraction of sp³-hybridized carbons (Fsp3) is 0.909. The zero-order valence-corrected chi connectivity index (χ0v) is 9.65. The highest BCUT2D eigenvalue weighted by atomic mass is 19.4. The number of amides is 1. The summed E-state index contributed by atoms with van der Waals surface area (Å²) in [4.78, 5) is 11.4. The van der Waals surface area contributed by atoms with E-state index in [2.05, 4.69) is 5.32 Å². The molecule has 0 aromatic rings. The molecule has 0 unspecified atom stereocenters. The minimum absolute atomic E-state index is 0.204. The zero-order chi connectivity index (χ0) is 12.9. The third-order valence-electron chi connectivity index (χ3n) is 3.15. The summed E-state index contributed by atoms with van der Waals surface area (Å²) in [6.45, 7) is -0.204. The number of aliphatic hydroxyl groups is 1. The number of carbonyl (C=O) groups excluding carboxylic acids is 1. The maximum absolute atomic E-state index is 11.9. The second-order valence-corrected chi connectivity index (χ2v) is 4.66. The lowest BCUT2D eigenvalue weighted by Crippen LogP contribution is -2.52. The van der Waals surface area contributed by atoms with Crippen LogP contribution in [0, 0.1) is 0 Å². The Morgan fingerprint density at radius 1 is 1.24 bits per heavy atom. The summed E-state index contributed by atoms with van der Waals surface area (Å²) in [6, 6.07) is 0. The molecule has 0 radical (unpaired) electrons. The van der Waals surface area contributed by atoms with Gasteiger partial charge in [0.25, 0.3) is 0 Å². The molecule has 0 aromatic heterocycles. The molecule has 0 bridgehead atoms. The SMILES string of the molecule is O=C(CCC(F)(F)F)NC1(CO)CCCCC1. The number of carbonyl (C=O) groups is 1. The van der Waals surface area contributed by atoms with Crippen LogP contribution in [0.4, 0.5) is 13.2 Å². The van der Waals surface area contributed by atoms with Crippen molar-refractivity contribution >= 4 is 5.91 Å². The van der Waals surface area contributed by atoms with Gasteiger partial charge in [0.1, 0.15) is 0 Å². The average molecular weight is 253 g/mol. The Bertz CT molecular complexity index is 260. The predicted molar refractivity (Wildman–Crippen MR) is 56.3 cm³/mol. The molecule has 3 nitrogen and oxygen atoms in total. The maximum atomic E-state index is 11.9. The average Bonchev–Trinajstić information content (AvgIpc) is 2.27. The Morgan fingerprint density at radius 2 is 1.82 bits per heavy atom. The Balaban J connectivity index is 2.42. The normalized spacial score (nSPS) is 20.0. The first-order valence-electron chi connectivity index (χ1n) is 5.86. The van der Waals surface area contributed by atoms with Gasteiger partial charge in [0, 0.05) is 6.42 Å². The lowest BCUT2D eigenvalue weighted by molar-refractivity contribution is -0.145. The Kier molecular flexibility index (Phi) is 4.80. The molecule has 100 valence electrons. The van der Waals surface area contributed by atoms with Gasteiger partial charge in [0.05, 0.1) is 18.6 Å². The number of aliphatic hydroxyl groups excluding tert-OH is 1. The molecule has 2 N–H and O–H groups in total. The minimum Gasteiger partial charge on any atom is -0.394 e.